The van der Waals surface area contributed by atoms with Crippen LogP contribution in [0.15, 0.2) is 18.4 Å². The van der Waals surface area contributed by atoms with E-state index in [4.69, 9.17) is 9.47 Å². The highest BCUT2D eigenvalue weighted by Crippen LogP contribution is 2.09. The number of hydrogen-bond acceptors (Lipinski definition) is 2. The molecule has 0 aromatic rings. The number of unbranched alkanes of at least 4 members (excludes halogenated alkanes) is 8. The summed E-state index contributed by atoms with van der Waals surface area (Å²) in [4.78, 5) is 0. The van der Waals surface area contributed by atoms with Crippen LogP contribution in [0, 0.1) is 0 Å². The van der Waals surface area contributed by atoms with Crippen LogP contribution in [-0.2, 0) is 9.47 Å². The first-order valence-corrected chi connectivity index (χ1v) is 6.82. The van der Waals surface area contributed by atoms with Crippen molar-refractivity contribution >= 4 is 0 Å². The van der Waals surface area contributed by atoms with Crippen molar-refractivity contribution in [2.75, 3.05) is 20.5 Å². The Labute approximate surface area is 107 Å². The third kappa shape index (κ3) is 15.4. The van der Waals surface area contributed by atoms with Crippen LogP contribution in [0.3, 0.4) is 0 Å². The fraction of sp³-hybridized carbons (Fsp3) is 0.800. The average molecular weight is 240 g/mol. The van der Waals surface area contributed by atoms with Crippen molar-refractivity contribution in [1.82, 2.24) is 0 Å². The molecular weight excluding hydrogens is 212 g/mol. The van der Waals surface area contributed by atoms with Crippen LogP contribution in [0.25, 0.3) is 0 Å². The maximum atomic E-state index is 5.23. The van der Waals surface area contributed by atoms with Gasteiger partial charge in [0.2, 0.25) is 0 Å². The standard InChI is InChI=1S/C15H28O2/c1-3-4-5-6-7-8-9-10-11-12-13-14-17-15-16-2/h4H,1,5-15H2,2H3. The number of hydrogen-bond donors (Lipinski definition) is 0. The molecule has 0 aliphatic heterocycles. The second kappa shape index (κ2) is 15.4. The minimum absolute atomic E-state index is 0.430. The molecule has 0 amide bonds. The van der Waals surface area contributed by atoms with Gasteiger partial charge in [0.05, 0.1) is 0 Å². The van der Waals surface area contributed by atoms with Crippen LogP contribution < -0.4 is 0 Å². The minimum atomic E-state index is 0.430. The van der Waals surface area contributed by atoms with E-state index < -0.39 is 0 Å². The Morgan fingerprint density at radius 1 is 0.941 bits per heavy atom. The zero-order valence-electron chi connectivity index (χ0n) is 11.4. The predicted molar refractivity (Wildman–Crippen MR) is 73.1 cm³/mol. The predicted octanol–water partition coefficient (Wildman–Crippen LogP) is 4.46. The first kappa shape index (κ1) is 16.4. The summed E-state index contributed by atoms with van der Waals surface area (Å²) >= 11 is 0. The summed E-state index contributed by atoms with van der Waals surface area (Å²) in [7, 11) is 1.66. The largest absolute Gasteiger partial charge is 0.359 e. The second-order valence-electron chi connectivity index (χ2n) is 4.34. The van der Waals surface area contributed by atoms with Gasteiger partial charge in [0.1, 0.15) is 6.79 Å². The molecule has 0 fully saturated rings. The van der Waals surface area contributed by atoms with Gasteiger partial charge < -0.3 is 9.47 Å². The van der Waals surface area contributed by atoms with Crippen molar-refractivity contribution in [2.24, 2.45) is 0 Å². The van der Waals surface area contributed by atoms with E-state index in [2.05, 4.69) is 12.3 Å². The van der Waals surface area contributed by atoms with Gasteiger partial charge in [0, 0.05) is 13.7 Å². The van der Waals surface area contributed by atoms with E-state index in [9.17, 15) is 0 Å². The zero-order chi connectivity index (χ0) is 12.6. The molecule has 0 aromatic carbocycles. The quantitative estimate of drug-likeness (QED) is 0.269. The molecule has 0 spiro atoms. The molecule has 0 aliphatic carbocycles. The molecule has 0 saturated heterocycles. The van der Waals surface area contributed by atoms with Gasteiger partial charge in [-0.15, -0.1) is 5.73 Å². The molecule has 17 heavy (non-hydrogen) atoms. The molecule has 2 nitrogen and oxygen atoms in total. The molecule has 0 heterocycles. The summed E-state index contributed by atoms with van der Waals surface area (Å²) < 4.78 is 10.0. The summed E-state index contributed by atoms with van der Waals surface area (Å²) in [5.41, 5.74) is 2.81. The molecule has 0 aromatic heterocycles. The summed E-state index contributed by atoms with van der Waals surface area (Å²) in [6.07, 6.45) is 13.7. The van der Waals surface area contributed by atoms with Crippen LogP contribution in [0.2, 0.25) is 0 Å². The monoisotopic (exact) mass is 240 g/mol. The van der Waals surface area contributed by atoms with E-state index in [0.717, 1.165) is 19.4 Å². The molecule has 0 N–H and O–H groups in total. The second-order valence-corrected chi connectivity index (χ2v) is 4.34. The van der Waals surface area contributed by atoms with E-state index >= 15 is 0 Å². The summed E-state index contributed by atoms with van der Waals surface area (Å²) in [6, 6.07) is 0. The third-order valence-corrected chi connectivity index (χ3v) is 2.73. The van der Waals surface area contributed by atoms with Gasteiger partial charge in [-0.05, 0) is 25.3 Å². The number of rotatable bonds is 13. The zero-order valence-corrected chi connectivity index (χ0v) is 11.4. The lowest BCUT2D eigenvalue weighted by molar-refractivity contribution is -0.0315. The molecule has 0 aliphatic rings. The van der Waals surface area contributed by atoms with Crippen molar-refractivity contribution in [3.8, 4) is 0 Å². The molecule has 0 rings (SSSR count). The van der Waals surface area contributed by atoms with Crippen molar-refractivity contribution in [1.29, 1.82) is 0 Å². The molecule has 0 unspecified atom stereocenters. The topological polar surface area (TPSA) is 18.5 Å². The number of allylic oxidation sites excluding steroid dienone is 1. The van der Waals surface area contributed by atoms with Crippen molar-refractivity contribution in [2.45, 2.75) is 57.8 Å². The third-order valence-electron chi connectivity index (χ3n) is 2.73. The Kier molecular flexibility index (Phi) is 14.9. The van der Waals surface area contributed by atoms with Crippen molar-refractivity contribution in [3.63, 3.8) is 0 Å². The van der Waals surface area contributed by atoms with Gasteiger partial charge in [-0.1, -0.05) is 45.1 Å². The summed E-state index contributed by atoms with van der Waals surface area (Å²) in [5, 5.41) is 0. The maximum Gasteiger partial charge on any atom is 0.146 e. The Bertz CT molecular complexity index is 183. The van der Waals surface area contributed by atoms with Gasteiger partial charge in [-0.25, -0.2) is 0 Å². The van der Waals surface area contributed by atoms with Crippen LogP contribution in [-0.4, -0.2) is 20.5 Å². The first-order chi connectivity index (χ1) is 8.41. The van der Waals surface area contributed by atoms with Crippen molar-refractivity contribution in [3.05, 3.63) is 18.4 Å². The van der Waals surface area contributed by atoms with Gasteiger partial charge in [-0.2, -0.15) is 0 Å². The molecule has 0 bridgehead atoms. The highest BCUT2D eigenvalue weighted by atomic mass is 16.7. The summed E-state index contributed by atoms with van der Waals surface area (Å²) in [6.45, 7) is 4.82. The Morgan fingerprint density at radius 2 is 1.53 bits per heavy atom. The Hall–Kier alpha value is -0.560. The van der Waals surface area contributed by atoms with Crippen LogP contribution in [0.5, 0.6) is 0 Å². The smallest absolute Gasteiger partial charge is 0.146 e. The molecule has 0 saturated carbocycles. The van der Waals surface area contributed by atoms with Crippen LogP contribution in [0.1, 0.15) is 57.8 Å². The van der Waals surface area contributed by atoms with E-state index in [-0.39, 0.29) is 0 Å². The highest BCUT2D eigenvalue weighted by Gasteiger charge is 1.92. The maximum absolute atomic E-state index is 5.23. The first-order valence-electron chi connectivity index (χ1n) is 6.82. The van der Waals surface area contributed by atoms with E-state index in [0.29, 0.717) is 6.79 Å². The number of methoxy groups -OCH3 is 1. The van der Waals surface area contributed by atoms with Gasteiger partial charge in [0.15, 0.2) is 0 Å². The molecule has 100 valence electrons. The van der Waals surface area contributed by atoms with Crippen LogP contribution in [0.4, 0.5) is 0 Å². The molecular formula is C15H28O2. The van der Waals surface area contributed by atoms with E-state index in [1.165, 1.54) is 44.9 Å². The average Bonchev–Trinajstić information content (AvgIpc) is 2.35. The molecule has 0 radical (unpaired) electrons. The van der Waals surface area contributed by atoms with E-state index in [1.807, 2.05) is 6.08 Å². The normalized spacial score (nSPS) is 10.2. The van der Waals surface area contributed by atoms with Gasteiger partial charge >= 0.3 is 0 Å². The van der Waals surface area contributed by atoms with Gasteiger partial charge in [0.25, 0.3) is 0 Å². The fourth-order valence-corrected chi connectivity index (χ4v) is 1.76. The minimum Gasteiger partial charge on any atom is -0.359 e. The van der Waals surface area contributed by atoms with E-state index in [1.54, 1.807) is 7.11 Å². The Balaban J connectivity index is 2.91. The highest BCUT2D eigenvalue weighted by molar-refractivity contribution is 4.74. The van der Waals surface area contributed by atoms with Crippen LogP contribution >= 0.6 is 0 Å². The van der Waals surface area contributed by atoms with Crippen molar-refractivity contribution < 1.29 is 9.47 Å². The summed E-state index contributed by atoms with van der Waals surface area (Å²) in [5.74, 6) is 0. The molecule has 2 heteroatoms. The lowest BCUT2D eigenvalue weighted by Gasteiger charge is -2.03. The lowest BCUT2D eigenvalue weighted by Crippen LogP contribution is -1.98. The number of ether oxygens (including phenoxy) is 2. The lowest BCUT2D eigenvalue weighted by atomic mass is 10.1. The Morgan fingerprint density at radius 3 is 2.12 bits per heavy atom. The molecule has 0 atom stereocenters. The van der Waals surface area contributed by atoms with Gasteiger partial charge in [-0.3, -0.25) is 0 Å². The SMILES string of the molecule is C=C=CCCCCCCCCCCOCOC. The fourth-order valence-electron chi connectivity index (χ4n) is 1.76.